The van der Waals surface area contributed by atoms with Gasteiger partial charge in [0.2, 0.25) is 0 Å². The van der Waals surface area contributed by atoms with Gasteiger partial charge in [0.1, 0.15) is 5.52 Å². The van der Waals surface area contributed by atoms with Crippen molar-refractivity contribution in [1.29, 1.82) is 0 Å². The number of imidazole rings is 1. The predicted octanol–water partition coefficient (Wildman–Crippen LogP) is 2.90. The number of nitrogens with one attached hydrogen (secondary N) is 2. The maximum Gasteiger partial charge on any atom is 0.295 e. The molecule has 1 radical (unpaired) electrons. The molecule has 3 nitrogen and oxygen atoms in total. The monoisotopic (exact) mass is 222 g/mol. The number of alkyl halides is 2. The molecule has 2 aromatic rings. The summed E-state index contributed by atoms with van der Waals surface area (Å²) >= 11 is 0. The highest BCUT2D eigenvalue weighted by Crippen LogP contribution is 2.24. The number of nitrogens with zero attached hydrogens (tertiary/aromatic N) is 1. The molecule has 0 atom stereocenters. The van der Waals surface area contributed by atoms with Gasteiger partial charge in [-0.3, -0.25) is 0 Å². The van der Waals surface area contributed by atoms with Crippen LogP contribution in [0.25, 0.3) is 11.0 Å². The number of benzene rings is 1. The summed E-state index contributed by atoms with van der Waals surface area (Å²) in [6.07, 6.45) is -0.924. The molecule has 2 N–H and O–H groups in total. The van der Waals surface area contributed by atoms with Gasteiger partial charge in [0.15, 0.2) is 5.82 Å². The molecule has 0 unspecified atom stereocenters. The van der Waals surface area contributed by atoms with Crippen LogP contribution in [0.4, 0.5) is 14.5 Å². The Morgan fingerprint density at radius 1 is 1.62 bits per heavy atom. The summed E-state index contributed by atoms with van der Waals surface area (Å²) in [4.78, 5) is 6.40. The van der Waals surface area contributed by atoms with Crippen molar-refractivity contribution in [2.24, 2.45) is 0 Å². The van der Waals surface area contributed by atoms with Crippen molar-refractivity contribution >= 4 is 16.7 Å². The van der Waals surface area contributed by atoms with E-state index in [4.69, 9.17) is 0 Å². The lowest BCUT2D eigenvalue weighted by atomic mass is 10.2. The molecule has 0 saturated carbocycles. The van der Waals surface area contributed by atoms with Gasteiger partial charge in [-0.05, 0) is 12.1 Å². The van der Waals surface area contributed by atoms with Gasteiger partial charge in [-0.25, -0.2) is 13.8 Å². The highest BCUT2D eigenvalue weighted by atomic mass is 19.3. The third-order valence-electron chi connectivity index (χ3n) is 2.09. The fourth-order valence-electron chi connectivity index (χ4n) is 1.41. The Hall–Kier alpha value is -1.91. The lowest BCUT2D eigenvalue weighted by Crippen LogP contribution is -1.98. The maximum atomic E-state index is 12.4. The highest BCUT2D eigenvalue weighted by molar-refractivity contribution is 5.88. The maximum absolute atomic E-state index is 12.4. The first kappa shape index (κ1) is 10.6. The summed E-state index contributed by atoms with van der Waals surface area (Å²) in [6, 6.07) is 6.23. The number of hydrogen-bond acceptors (Lipinski definition) is 2. The van der Waals surface area contributed by atoms with Gasteiger partial charge in [0, 0.05) is 12.6 Å². The Balaban J connectivity index is 2.45. The minimum Gasteiger partial charge on any atom is -0.379 e. The molecule has 0 bridgehead atoms. The smallest absolute Gasteiger partial charge is 0.295 e. The average molecular weight is 222 g/mol. The number of hydrogen-bond donors (Lipinski definition) is 2. The second kappa shape index (κ2) is 4.30. The molecule has 0 fully saturated rings. The zero-order chi connectivity index (χ0) is 11.5. The van der Waals surface area contributed by atoms with Crippen molar-refractivity contribution in [3.8, 4) is 0 Å². The third kappa shape index (κ3) is 1.88. The number of aromatic amines is 1. The van der Waals surface area contributed by atoms with Crippen LogP contribution in [0.1, 0.15) is 12.2 Å². The minimum absolute atomic E-state index is 0.323. The molecule has 1 aromatic heterocycles. The fourth-order valence-corrected chi connectivity index (χ4v) is 1.41. The summed E-state index contributed by atoms with van der Waals surface area (Å²) in [5.74, 6) is -0.323. The van der Waals surface area contributed by atoms with Crippen LogP contribution in [-0.4, -0.2) is 16.5 Å². The topological polar surface area (TPSA) is 40.7 Å². The molecule has 0 aliphatic rings. The van der Waals surface area contributed by atoms with Crippen LogP contribution in [-0.2, 0) is 0 Å². The molecule has 5 heteroatoms. The highest BCUT2D eigenvalue weighted by Gasteiger charge is 2.14. The van der Waals surface area contributed by atoms with Crippen molar-refractivity contribution in [3.63, 3.8) is 0 Å². The summed E-state index contributed by atoms with van der Waals surface area (Å²) in [6.45, 7) is 4.10. The molecule has 0 amide bonds. The number of fused-ring (bicyclic) bond motifs is 1. The van der Waals surface area contributed by atoms with Crippen molar-refractivity contribution in [2.75, 3.05) is 11.9 Å². The largest absolute Gasteiger partial charge is 0.379 e. The molecule has 0 spiro atoms. The van der Waals surface area contributed by atoms with Crippen LogP contribution in [0.5, 0.6) is 0 Å². The third-order valence-corrected chi connectivity index (χ3v) is 2.09. The van der Waals surface area contributed by atoms with Crippen molar-refractivity contribution in [3.05, 3.63) is 36.7 Å². The second-order valence-corrected chi connectivity index (χ2v) is 3.21. The summed E-state index contributed by atoms with van der Waals surface area (Å²) in [5.41, 5.74) is 1.64. The zero-order valence-corrected chi connectivity index (χ0v) is 8.43. The summed E-state index contributed by atoms with van der Waals surface area (Å²) < 4.78 is 24.9. The quantitative estimate of drug-likeness (QED) is 0.781. The van der Waals surface area contributed by atoms with E-state index in [0.717, 1.165) is 0 Å². The van der Waals surface area contributed by atoms with Crippen LogP contribution in [0.15, 0.2) is 24.8 Å². The van der Waals surface area contributed by atoms with E-state index < -0.39 is 6.43 Å². The number of halogens is 2. The van der Waals surface area contributed by atoms with Crippen molar-refractivity contribution in [1.82, 2.24) is 9.97 Å². The van der Waals surface area contributed by atoms with Crippen LogP contribution >= 0.6 is 0 Å². The van der Waals surface area contributed by atoms with Crippen LogP contribution in [0.2, 0.25) is 0 Å². The molecule has 2 rings (SSSR count). The van der Waals surface area contributed by atoms with Gasteiger partial charge in [-0.15, -0.1) is 6.58 Å². The van der Waals surface area contributed by atoms with Gasteiger partial charge in [-0.1, -0.05) is 6.08 Å². The molecule has 1 heterocycles. The molecule has 83 valence electrons. The van der Waals surface area contributed by atoms with Crippen LogP contribution in [0.3, 0.4) is 0 Å². The van der Waals surface area contributed by atoms with Crippen LogP contribution in [0, 0.1) is 6.07 Å². The number of anilines is 1. The molecule has 0 aliphatic heterocycles. The molecule has 1 aromatic carbocycles. The Morgan fingerprint density at radius 2 is 2.44 bits per heavy atom. The lowest BCUT2D eigenvalue weighted by molar-refractivity contribution is 0.142. The second-order valence-electron chi connectivity index (χ2n) is 3.21. The van der Waals surface area contributed by atoms with Crippen LogP contribution < -0.4 is 5.32 Å². The van der Waals surface area contributed by atoms with E-state index in [1.165, 1.54) is 0 Å². The Labute approximate surface area is 91.2 Å². The number of rotatable bonds is 4. The predicted molar refractivity (Wildman–Crippen MR) is 58.6 cm³/mol. The molecular weight excluding hydrogens is 212 g/mol. The Kier molecular flexibility index (Phi) is 2.85. The van der Waals surface area contributed by atoms with E-state index in [2.05, 4.69) is 27.9 Å². The van der Waals surface area contributed by atoms with Crippen molar-refractivity contribution in [2.45, 2.75) is 6.43 Å². The Bertz CT molecular complexity index is 505. The van der Waals surface area contributed by atoms with Gasteiger partial charge >= 0.3 is 0 Å². The molecule has 16 heavy (non-hydrogen) atoms. The van der Waals surface area contributed by atoms with E-state index in [9.17, 15) is 8.78 Å². The standard InChI is InChI=1S/C11H10F2N3/c1-2-6-14-7-4-3-5-8-9(7)16-11(15-8)10(12)13/h2-3,5,10,14H,1,6H2,(H,15,16). The van der Waals surface area contributed by atoms with E-state index in [1.807, 2.05) is 0 Å². The number of aromatic nitrogens is 2. The average Bonchev–Trinajstić information content (AvgIpc) is 2.70. The molecular formula is C11H10F2N3. The molecule has 0 saturated heterocycles. The molecule has 0 aliphatic carbocycles. The lowest BCUT2D eigenvalue weighted by Gasteiger charge is -2.02. The Morgan fingerprint density at radius 3 is 3.12 bits per heavy atom. The van der Waals surface area contributed by atoms with Gasteiger partial charge in [0.05, 0.1) is 11.2 Å². The van der Waals surface area contributed by atoms with E-state index in [0.29, 0.717) is 23.3 Å². The van der Waals surface area contributed by atoms with E-state index >= 15 is 0 Å². The minimum atomic E-state index is -2.60. The first-order valence-corrected chi connectivity index (χ1v) is 4.75. The van der Waals surface area contributed by atoms with E-state index in [-0.39, 0.29) is 5.82 Å². The number of H-pyrrole nitrogens is 1. The first-order chi connectivity index (χ1) is 7.72. The summed E-state index contributed by atoms with van der Waals surface area (Å²) in [5, 5.41) is 2.99. The van der Waals surface area contributed by atoms with Gasteiger partial charge in [-0.2, -0.15) is 0 Å². The fraction of sp³-hybridized carbons (Fsp3) is 0.182. The zero-order valence-electron chi connectivity index (χ0n) is 8.43. The van der Waals surface area contributed by atoms with Gasteiger partial charge in [0.25, 0.3) is 6.43 Å². The SMILES string of the molecule is C=CCNc1[c]ccc2[nH]c(C(F)F)nc12. The van der Waals surface area contributed by atoms with Gasteiger partial charge < -0.3 is 10.3 Å². The van der Waals surface area contributed by atoms with E-state index in [1.54, 1.807) is 18.2 Å². The normalized spacial score (nSPS) is 10.9. The van der Waals surface area contributed by atoms with Crippen molar-refractivity contribution < 1.29 is 8.78 Å². The summed E-state index contributed by atoms with van der Waals surface area (Å²) in [7, 11) is 0. The first-order valence-electron chi connectivity index (χ1n) is 4.75.